The first-order valence-electron chi connectivity index (χ1n) is 11.0. The van der Waals surface area contributed by atoms with Gasteiger partial charge in [0.1, 0.15) is 0 Å². The van der Waals surface area contributed by atoms with E-state index >= 15 is 0 Å². The van der Waals surface area contributed by atoms with Gasteiger partial charge < -0.3 is 16.4 Å². The van der Waals surface area contributed by atoms with Crippen LogP contribution in [0.3, 0.4) is 0 Å². The molecule has 1 aromatic heterocycles. The maximum Gasteiger partial charge on any atom is 0.236 e. The number of nitrogens with two attached hydrogens (primary N) is 1. The van der Waals surface area contributed by atoms with Crippen LogP contribution in [0, 0.1) is 18.3 Å². The highest BCUT2D eigenvalue weighted by atomic mass is 32.1. The Labute approximate surface area is 183 Å². The number of nitrogens with zero attached hydrogens (tertiary/aromatic N) is 1. The van der Waals surface area contributed by atoms with Crippen LogP contribution in [0.1, 0.15) is 64.4 Å². The molecule has 0 unspecified atom stereocenters. The maximum absolute atomic E-state index is 12.9. The fourth-order valence-electron chi connectivity index (χ4n) is 4.33. The summed E-state index contributed by atoms with van der Waals surface area (Å²) in [6, 6.07) is 5.60. The molecular formula is C23H34N4O2S. The van der Waals surface area contributed by atoms with E-state index < -0.39 is 6.04 Å². The van der Waals surface area contributed by atoms with Gasteiger partial charge >= 0.3 is 0 Å². The van der Waals surface area contributed by atoms with Crippen molar-refractivity contribution >= 4 is 38.5 Å². The molecule has 1 aliphatic carbocycles. The molecule has 1 aromatic carbocycles. The molecule has 4 N–H and O–H groups in total. The maximum atomic E-state index is 12.9. The fraction of sp³-hybridized carbons (Fsp3) is 0.609. The van der Waals surface area contributed by atoms with E-state index in [0.29, 0.717) is 30.4 Å². The zero-order chi connectivity index (χ0) is 21.7. The molecule has 0 spiro atoms. The van der Waals surface area contributed by atoms with Crippen molar-refractivity contribution < 1.29 is 9.59 Å². The Bertz CT molecular complexity index is 886. The summed E-state index contributed by atoms with van der Waals surface area (Å²) in [5.74, 6) is 0.224. The lowest BCUT2D eigenvalue weighted by atomic mass is 9.71. The van der Waals surface area contributed by atoms with E-state index in [0.717, 1.165) is 35.9 Å². The van der Waals surface area contributed by atoms with Crippen LogP contribution in [-0.2, 0) is 9.59 Å². The number of thiazole rings is 1. The zero-order valence-corrected chi connectivity index (χ0v) is 19.1. The summed E-state index contributed by atoms with van der Waals surface area (Å²) in [5, 5.41) is 6.66. The van der Waals surface area contributed by atoms with Crippen molar-refractivity contribution in [2.24, 2.45) is 17.1 Å². The lowest BCUT2D eigenvalue weighted by Gasteiger charge is -2.37. The van der Waals surface area contributed by atoms with Crippen LogP contribution in [0.2, 0.25) is 0 Å². The summed E-state index contributed by atoms with van der Waals surface area (Å²) in [6.45, 7) is 6.67. The number of hydrogen-bond acceptors (Lipinski definition) is 5. The number of aryl methyl sites for hydroxylation is 1. The number of amides is 2. The Morgan fingerprint density at radius 2 is 1.97 bits per heavy atom. The Kier molecular flexibility index (Phi) is 7.47. The van der Waals surface area contributed by atoms with Crippen molar-refractivity contribution in [2.45, 2.75) is 71.8 Å². The van der Waals surface area contributed by atoms with Crippen molar-refractivity contribution in [1.29, 1.82) is 0 Å². The minimum absolute atomic E-state index is 0.0339. The van der Waals surface area contributed by atoms with Gasteiger partial charge in [-0.05, 0) is 55.2 Å². The normalized spacial score (nSPS) is 17.1. The second kappa shape index (κ2) is 9.88. The van der Waals surface area contributed by atoms with E-state index in [2.05, 4.69) is 35.5 Å². The quantitative estimate of drug-likeness (QED) is 0.579. The van der Waals surface area contributed by atoms with Crippen molar-refractivity contribution in [3.05, 3.63) is 23.8 Å². The number of carbonyl (C=O) groups is 2. The molecule has 0 saturated heterocycles. The predicted molar refractivity (Wildman–Crippen MR) is 124 cm³/mol. The minimum Gasteiger partial charge on any atom is -0.354 e. The van der Waals surface area contributed by atoms with Crippen molar-refractivity contribution in [3.8, 4) is 0 Å². The van der Waals surface area contributed by atoms with Gasteiger partial charge in [0.05, 0.1) is 16.3 Å². The zero-order valence-electron chi connectivity index (χ0n) is 18.3. The average molecular weight is 431 g/mol. The number of benzene rings is 1. The third-order valence-corrected chi connectivity index (χ3v) is 6.87. The van der Waals surface area contributed by atoms with Crippen LogP contribution in [0.4, 0.5) is 5.13 Å². The lowest BCUT2D eigenvalue weighted by molar-refractivity contribution is -0.124. The number of hydrogen-bond donors (Lipinski definition) is 3. The molecule has 7 heteroatoms. The number of rotatable bonds is 8. The monoisotopic (exact) mass is 430 g/mol. The number of aromatic nitrogens is 1. The first kappa shape index (κ1) is 22.7. The minimum atomic E-state index is -0.495. The highest BCUT2D eigenvalue weighted by Gasteiger charge is 2.35. The first-order chi connectivity index (χ1) is 14.3. The molecule has 3 rings (SSSR count). The molecule has 0 radical (unpaired) electrons. The smallest absolute Gasteiger partial charge is 0.236 e. The summed E-state index contributed by atoms with van der Waals surface area (Å²) >= 11 is 1.50. The molecule has 6 nitrogen and oxygen atoms in total. The van der Waals surface area contributed by atoms with E-state index in [4.69, 9.17) is 5.73 Å². The van der Waals surface area contributed by atoms with E-state index in [9.17, 15) is 9.59 Å². The predicted octanol–water partition coefficient (Wildman–Crippen LogP) is 4.37. The second-order valence-electron chi connectivity index (χ2n) is 9.23. The summed E-state index contributed by atoms with van der Waals surface area (Å²) in [5.41, 5.74) is 7.90. The number of carbonyl (C=O) groups excluding carboxylic acids is 2. The third-order valence-electron chi connectivity index (χ3n) is 5.94. The Balaban J connectivity index is 1.62. The summed E-state index contributed by atoms with van der Waals surface area (Å²) in [6.07, 6.45) is 6.29. The van der Waals surface area contributed by atoms with Crippen LogP contribution >= 0.6 is 11.3 Å². The van der Waals surface area contributed by atoms with Crippen molar-refractivity contribution in [2.75, 3.05) is 11.9 Å². The third kappa shape index (κ3) is 6.01. The molecule has 1 fully saturated rings. The van der Waals surface area contributed by atoms with E-state index in [1.54, 1.807) is 0 Å². The molecule has 1 aliphatic rings. The lowest BCUT2D eigenvalue weighted by Crippen LogP contribution is -2.47. The first-order valence-corrected chi connectivity index (χ1v) is 11.8. The van der Waals surface area contributed by atoms with E-state index in [1.165, 1.54) is 23.3 Å². The summed E-state index contributed by atoms with van der Waals surface area (Å²) in [7, 11) is 0. The largest absolute Gasteiger partial charge is 0.354 e. The van der Waals surface area contributed by atoms with Gasteiger partial charge in [-0.1, -0.05) is 50.5 Å². The Morgan fingerprint density at radius 3 is 2.67 bits per heavy atom. The molecule has 2 aromatic rings. The van der Waals surface area contributed by atoms with Gasteiger partial charge in [-0.15, -0.1) is 0 Å². The molecule has 164 valence electrons. The van der Waals surface area contributed by atoms with Gasteiger partial charge in [0.2, 0.25) is 11.8 Å². The van der Waals surface area contributed by atoms with Gasteiger partial charge in [0, 0.05) is 13.0 Å². The van der Waals surface area contributed by atoms with Crippen LogP contribution in [0.15, 0.2) is 18.2 Å². The van der Waals surface area contributed by atoms with Crippen LogP contribution in [0.5, 0.6) is 0 Å². The van der Waals surface area contributed by atoms with E-state index in [1.807, 2.05) is 19.1 Å². The van der Waals surface area contributed by atoms with Gasteiger partial charge in [-0.2, -0.15) is 0 Å². The molecule has 1 heterocycles. The van der Waals surface area contributed by atoms with Gasteiger partial charge in [0.25, 0.3) is 0 Å². The molecular weight excluding hydrogens is 396 g/mol. The van der Waals surface area contributed by atoms with Crippen LogP contribution in [0.25, 0.3) is 10.2 Å². The summed E-state index contributed by atoms with van der Waals surface area (Å²) in [4.78, 5) is 29.8. The molecule has 30 heavy (non-hydrogen) atoms. The van der Waals surface area contributed by atoms with Crippen molar-refractivity contribution in [3.63, 3.8) is 0 Å². The highest BCUT2D eigenvalue weighted by molar-refractivity contribution is 7.22. The second-order valence-corrected chi connectivity index (χ2v) is 10.3. The molecule has 2 amide bonds. The molecule has 1 atom stereocenters. The number of anilines is 1. The van der Waals surface area contributed by atoms with E-state index in [-0.39, 0.29) is 17.2 Å². The number of fused-ring (bicyclic) bond motifs is 1. The topological polar surface area (TPSA) is 97.1 Å². The fourth-order valence-corrected chi connectivity index (χ4v) is 5.31. The highest BCUT2D eigenvalue weighted by Crippen LogP contribution is 2.39. The standard InChI is InChI=1S/C23H34N4O2S/c1-15(2)11-17(24)21(29)25-14-23(9-5-4-6-10-23)13-20(28)27-22-26-18-8-7-16(3)12-19(18)30-22/h7-8,12,15,17H,4-6,9-11,13-14,24H2,1-3H3,(H,25,29)(H,26,27,28)/t17-/m0/s1. The Hall–Kier alpha value is -1.99. The van der Waals surface area contributed by atoms with Crippen molar-refractivity contribution in [1.82, 2.24) is 10.3 Å². The van der Waals surface area contributed by atoms with Gasteiger partial charge in [-0.25, -0.2) is 4.98 Å². The van der Waals surface area contributed by atoms with Gasteiger partial charge in [-0.3, -0.25) is 9.59 Å². The molecule has 0 bridgehead atoms. The molecule has 0 aliphatic heterocycles. The van der Waals surface area contributed by atoms with Crippen LogP contribution < -0.4 is 16.4 Å². The summed E-state index contributed by atoms with van der Waals surface area (Å²) < 4.78 is 1.07. The number of nitrogens with one attached hydrogen (secondary N) is 2. The van der Waals surface area contributed by atoms with Gasteiger partial charge in [0.15, 0.2) is 5.13 Å². The SMILES string of the molecule is Cc1ccc2nc(NC(=O)CC3(CNC(=O)[C@@H](N)CC(C)C)CCCCC3)sc2c1. The Morgan fingerprint density at radius 1 is 1.23 bits per heavy atom. The van der Waals surface area contributed by atoms with Crippen LogP contribution in [-0.4, -0.2) is 29.4 Å². The molecule has 1 saturated carbocycles. The average Bonchev–Trinajstić information content (AvgIpc) is 3.07.